The second-order valence-corrected chi connectivity index (χ2v) is 4.97. The molecule has 0 saturated heterocycles. The fraction of sp³-hybridized carbons (Fsp3) is 0.250. The molecule has 0 spiro atoms. The number of hydrogen-bond acceptors (Lipinski definition) is 2. The first-order valence-corrected chi connectivity index (χ1v) is 6.90. The number of benzene rings is 2. The summed E-state index contributed by atoms with van der Waals surface area (Å²) in [5.74, 6) is 0.389. The number of hydrogen-bond donors (Lipinski definition) is 1. The Hall–Kier alpha value is -1.58. The first-order valence-electron chi connectivity index (χ1n) is 6.52. The van der Waals surface area contributed by atoms with Crippen LogP contribution in [0.25, 0.3) is 0 Å². The third kappa shape index (κ3) is 3.71. The Balaban J connectivity index is 2.12. The second-order valence-electron chi connectivity index (χ2n) is 4.56. The summed E-state index contributed by atoms with van der Waals surface area (Å²) in [7, 11) is 0. The fourth-order valence-corrected chi connectivity index (χ4v) is 2.24. The summed E-state index contributed by atoms with van der Waals surface area (Å²) >= 11 is 5.77. The van der Waals surface area contributed by atoms with Gasteiger partial charge in [0.1, 0.15) is 11.6 Å². The van der Waals surface area contributed by atoms with Crippen LogP contribution in [0.5, 0.6) is 5.75 Å². The third-order valence-electron chi connectivity index (χ3n) is 3.04. The van der Waals surface area contributed by atoms with E-state index in [0.29, 0.717) is 13.0 Å². The molecule has 0 heterocycles. The molecular formula is C16H17ClFNO. The van der Waals surface area contributed by atoms with Crippen molar-refractivity contribution >= 4 is 11.6 Å². The van der Waals surface area contributed by atoms with Gasteiger partial charge in [-0.2, -0.15) is 0 Å². The molecule has 20 heavy (non-hydrogen) atoms. The zero-order valence-electron chi connectivity index (χ0n) is 11.3. The van der Waals surface area contributed by atoms with Crippen LogP contribution in [-0.2, 0) is 6.42 Å². The van der Waals surface area contributed by atoms with Gasteiger partial charge in [-0.3, -0.25) is 0 Å². The molecule has 0 fully saturated rings. The lowest BCUT2D eigenvalue weighted by atomic mass is 9.99. The number of halogens is 2. The Morgan fingerprint density at radius 2 is 2.05 bits per heavy atom. The van der Waals surface area contributed by atoms with E-state index in [1.165, 1.54) is 6.07 Å². The Kier molecular flexibility index (Phi) is 4.99. The minimum Gasteiger partial charge on any atom is -0.494 e. The molecule has 4 heteroatoms. The molecule has 1 unspecified atom stereocenters. The van der Waals surface area contributed by atoms with Crippen molar-refractivity contribution in [3.05, 3.63) is 64.4 Å². The predicted molar refractivity (Wildman–Crippen MR) is 79.7 cm³/mol. The Bertz CT molecular complexity index is 588. The van der Waals surface area contributed by atoms with E-state index in [0.717, 1.165) is 16.9 Å². The molecular weight excluding hydrogens is 277 g/mol. The molecule has 2 aromatic carbocycles. The summed E-state index contributed by atoms with van der Waals surface area (Å²) in [6, 6.07) is 12.2. The van der Waals surface area contributed by atoms with Gasteiger partial charge in [-0.05, 0) is 48.7 Å². The highest BCUT2D eigenvalue weighted by Gasteiger charge is 2.10. The predicted octanol–water partition coefficient (Wildman–Crippen LogP) is 4.12. The summed E-state index contributed by atoms with van der Waals surface area (Å²) < 4.78 is 18.6. The molecule has 2 nitrogen and oxygen atoms in total. The summed E-state index contributed by atoms with van der Waals surface area (Å²) in [6.07, 6.45) is 0.593. The number of rotatable bonds is 5. The van der Waals surface area contributed by atoms with E-state index in [2.05, 4.69) is 0 Å². The normalized spacial score (nSPS) is 12.2. The molecule has 0 saturated carbocycles. The lowest BCUT2D eigenvalue weighted by Gasteiger charge is -2.14. The van der Waals surface area contributed by atoms with Gasteiger partial charge < -0.3 is 10.5 Å². The van der Waals surface area contributed by atoms with Crippen LogP contribution in [0.4, 0.5) is 4.39 Å². The summed E-state index contributed by atoms with van der Waals surface area (Å²) in [6.45, 7) is 2.55. The number of ether oxygens (including phenoxy) is 1. The molecule has 0 aliphatic heterocycles. The molecule has 0 amide bonds. The molecule has 2 N–H and O–H groups in total. The van der Waals surface area contributed by atoms with Gasteiger partial charge >= 0.3 is 0 Å². The van der Waals surface area contributed by atoms with Gasteiger partial charge in [0.05, 0.1) is 11.6 Å². The quantitative estimate of drug-likeness (QED) is 0.900. The Morgan fingerprint density at radius 1 is 1.25 bits per heavy atom. The average Bonchev–Trinajstić information content (AvgIpc) is 2.43. The fourth-order valence-electron chi connectivity index (χ4n) is 2.04. The standard InChI is InChI=1S/C16H17ClFNO/c1-2-20-13-5-3-4-12(10-13)16(19)9-11-6-7-15(18)14(17)8-11/h3-8,10,16H,2,9,19H2,1H3. The van der Waals surface area contributed by atoms with Gasteiger partial charge in [0.2, 0.25) is 0 Å². The van der Waals surface area contributed by atoms with E-state index in [4.69, 9.17) is 22.1 Å². The molecule has 0 aromatic heterocycles. The van der Waals surface area contributed by atoms with E-state index in [1.54, 1.807) is 12.1 Å². The van der Waals surface area contributed by atoms with Crippen LogP contribution >= 0.6 is 11.6 Å². The van der Waals surface area contributed by atoms with Crippen molar-refractivity contribution in [3.8, 4) is 5.75 Å². The number of nitrogens with two attached hydrogens (primary N) is 1. The van der Waals surface area contributed by atoms with Crippen LogP contribution in [0, 0.1) is 5.82 Å². The second kappa shape index (κ2) is 6.73. The minimum atomic E-state index is -0.415. The zero-order chi connectivity index (χ0) is 14.5. The van der Waals surface area contributed by atoms with Crippen molar-refractivity contribution in [3.63, 3.8) is 0 Å². The van der Waals surface area contributed by atoms with Crippen LogP contribution in [0.15, 0.2) is 42.5 Å². The van der Waals surface area contributed by atoms with Crippen molar-refractivity contribution < 1.29 is 9.13 Å². The third-order valence-corrected chi connectivity index (χ3v) is 3.33. The van der Waals surface area contributed by atoms with Crippen molar-refractivity contribution in [2.24, 2.45) is 5.73 Å². The van der Waals surface area contributed by atoms with E-state index < -0.39 is 5.82 Å². The molecule has 106 valence electrons. The van der Waals surface area contributed by atoms with Crippen LogP contribution in [-0.4, -0.2) is 6.61 Å². The van der Waals surface area contributed by atoms with Crippen LogP contribution in [0.2, 0.25) is 5.02 Å². The van der Waals surface area contributed by atoms with Gasteiger partial charge in [0.25, 0.3) is 0 Å². The highest BCUT2D eigenvalue weighted by molar-refractivity contribution is 6.30. The van der Waals surface area contributed by atoms with Gasteiger partial charge in [0, 0.05) is 6.04 Å². The Morgan fingerprint density at radius 3 is 2.75 bits per heavy atom. The van der Waals surface area contributed by atoms with Crippen molar-refractivity contribution in [2.75, 3.05) is 6.61 Å². The lowest BCUT2D eigenvalue weighted by Crippen LogP contribution is -2.13. The van der Waals surface area contributed by atoms with E-state index >= 15 is 0 Å². The molecule has 0 bridgehead atoms. The first-order chi connectivity index (χ1) is 9.60. The van der Waals surface area contributed by atoms with Gasteiger partial charge in [-0.15, -0.1) is 0 Å². The van der Waals surface area contributed by atoms with Crippen LogP contribution < -0.4 is 10.5 Å². The van der Waals surface area contributed by atoms with E-state index in [1.807, 2.05) is 31.2 Å². The molecule has 1 atom stereocenters. The van der Waals surface area contributed by atoms with Crippen molar-refractivity contribution in [1.82, 2.24) is 0 Å². The van der Waals surface area contributed by atoms with E-state index in [9.17, 15) is 4.39 Å². The molecule has 0 radical (unpaired) electrons. The van der Waals surface area contributed by atoms with Crippen LogP contribution in [0.1, 0.15) is 24.1 Å². The SMILES string of the molecule is CCOc1cccc(C(N)Cc2ccc(F)c(Cl)c2)c1. The molecule has 2 aromatic rings. The van der Waals surface area contributed by atoms with Crippen molar-refractivity contribution in [2.45, 2.75) is 19.4 Å². The van der Waals surface area contributed by atoms with Gasteiger partial charge in [0.15, 0.2) is 0 Å². The zero-order valence-corrected chi connectivity index (χ0v) is 12.0. The topological polar surface area (TPSA) is 35.2 Å². The maximum atomic E-state index is 13.1. The van der Waals surface area contributed by atoms with Gasteiger partial charge in [-0.25, -0.2) is 4.39 Å². The van der Waals surface area contributed by atoms with E-state index in [-0.39, 0.29) is 11.1 Å². The maximum absolute atomic E-state index is 13.1. The summed E-state index contributed by atoms with van der Waals surface area (Å²) in [5, 5.41) is 0.123. The highest BCUT2D eigenvalue weighted by atomic mass is 35.5. The largest absolute Gasteiger partial charge is 0.494 e. The lowest BCUT2D eigenvalue weighted by molar-refractivity contribution is 0.339. The Labute approximate surface area is 123 Å². The first kappa shape index (κ1) is 14.8. The minimum absolute atomic E-state index is 0.123. The molecule has 0 aliphatic rings. The smallest absolute Gasteiger partial charge is 0.141 e. The van der Waals surface area contributed by atoms with Gasteiger partial charge in [-0.1, -0.05) is 29.8 Å². The highest BCUT2D eigenvalue weighted by Crippen LogP contribution is 2.23. The maximum Gasteiger partial charge on any atom is 0.141 e. The summed E-state index contributed by atoms with van der Waals surface area (Å²) in [5.41, 5.74) is 8.08. The monoisotopic (exact) mass is 293 g/mol. The summed E-state index contributed by atoms with van der Waals surface area (Å²) in [4.78, 5) is 0. The van der Waals surface area contributed by atoms with Crippen molar-refractivity contribution in [1.29, 1.82) is 0 Å². The van der Waals surface area contributed by atoms with Crippen LogP contribution in [0.3, 0.4) is 0 Å². The molecule has 2 rings (SSSR count). The average molecular weight is 294 g/mol. The molecule has 0 aliphatic carbocycles.